The second-order valence-corrected chi connectivity index (χ2v) is 10.9. The Kier molecular flexibility index (Phi) is 8.33. The van der Waals surface area contributed by atoms with E-state index in [4.69, 9.17) is 25.1 Å². The number of primary amides is 1. The maximum Gasteiger partial charge on any atom is 0.249 e. The number of hydrogen-bond donors (Lipinski definition) is 2. The number of aliphatic hydroxyl groups is 1. The van der Waals surface area contributed by atoms with Crippen LogP contribution in [0.25, 0.3) is 0 Å². The van der Waals surface area contributed by atoms with Crippen molar-refractivity contribution in [1.82, 2.24) is 0 Å². The maximum atomic E-state index is 13.1. The van der Waals surface area contributed by atoms with Crippen molar-refractivity contribution >= 4 is 21.6 Å². The van der Waals surface area contributed by atoms with Crippen molar-refractivity contribution in [2.24, 2.45) is 10.7 Å². The highest BCUT2D eigenvalue weighted by molar-refractivity contribution is 7.91. The summed E-state index contributed by atoms with van der Waals surface area (Å²) >= 11 is 0. The molecule has 0 spiro atoms. The van der Waals surface area contributed by atoms with Crippen molar-refractivity contribution in [3.05, 3.63) is 90.0 Å². The van der Waals surface area contributed by atoms with Gasteiger partial charge in [0, 0.05) is 25.0 Å². The van der Waals surface area contributed by atoms with E-state index < -0.39 is 27.4 Å². The van der Waals surface area contributed by atoms with Crippen molar-refractivity contribution < 1.29 is 32.5 Å². The molecule has 0 radical (unpaired) electrons. The number of benzene rings is 3. The molecule has 0 bridgehead atoms. The molecule has 1 aliphatic heterocycles. The lowest BCUT2D eigenvalue weighted by molar-refractivity contribution is -0.125. The molecule has 3 aromatic rings. The largest absolute Gasteiger partial charge is 0.497 e. The van der Waals surface area contributed by atoms with Crippen LogP contribution in [0.2, 0.25) is 0 Å². The topological polar surface area (TPSA) is 138 Å². The van der Waals surface area contributed by atoms with Gasteiger partial charge in [-0.1, -0.05) is 30.3 Å². The van der Waals surface area contributed by atoms with Crippen LogP contribution in [0.1, 0.15) is 30.1 Å². The van der Waals surface area contributed by atoms with Gasteiger partial charge in [-0.15, -0.1) is 0 Å². The molecule has 3 aromatic carbocycles. The van der Waals surface area contributed by atoms with Crippen LogP contribution in [-0.4, -0.2) is 56.9 Å². The van der Waals surface area contributed by atoms with Gasteiger partial charge in [-0.05, 0) is 54.1 Å². The van der Waals surface area contributed by atoms with E-state index in [2.05, 4.69) is 4.99 Å². The molecule has 10 heteroatoms. The van der Waals surface area contributed by atoms with E-state index in [-0.39, 0.29) is 29.6 Å². The molecule has 9 nitrogen and oxygen atoms in total. The van der Waals surface area contributed by atoms with E-state index in [0.29, 0.717) is 35.7 Å². The number of carbonyl (C=O) groups excluding carboxylic acids is 1. The maximum absolute atomic E-state index is 13.1. The summed E-state index contributed by atoms with van der Waals surface area (Å²) in [4.78, 5) is 17.9. The predicted octanol–water partition coefficient (Wildman–Crippen LogP) is 3.06. The molecular weight excluding hydrogens is 508 g/mol. The molecule has 3 N–H and O–H groups in total. The summed E-state index contributed by atoms with van der Waals surface area (Å²) in [6, 6.07) is 21.9. The van der Waals surface area contributed by atoms with Gasteiger partial charge in [0.1, 0.15) is 11.5 Å². The lowest BCUT2D eigenvalue weighted by atomic mass is 9.85. The Morgan fingerprint density at radius 2 is 1.79 bits per heavy atom. The average Bonchev–Trinajstić information content (AvgIpc) is 3.34. The number of nitrogens with two attached hydrogens (primary N) is 1. The zero-order valence-electron chi connectivity index (χ0n) is 20.9. The normalized spacial score (nSPS) is 18.9. The van der Waals surface area contributed by atoms with Gasteiger partial charge in [0.25, 0.3) is 0 Å². The Morgan fingerprint density at radius 1 is 1.05 bits per heavy atom. The van der Waals surface area contributed by atoms with Gasteiger partial charge in [0.05, 0.1) is 24.4 Å². The predicted molar refractivity (Wildman–Crippen MR) is 142 cm³/mol. The second-order valence-electron chi connectivity index (χ2n) is 8.81. The molecule has 1 heterocycles. The van der Waals surface area contributed by atoms with Crippen LogP contribution < -0.4 is 15.2 Å². The Hall–Kier alpha value is -3.89. The molecule has 2 atom stereocenters. The third-order valence-corrected chi connectivity index (χ3v) is 8.05. The van der Waals surface area contributed by atoms with Crippen molar-refractivity contribution in [3.8, 4) is 11.5 Å². The summed E-state index contributed by atoms with van der Waals surface area (Å²) < 4.78 is 43.4. The minimum atomic E-state index is -3.73. The van der Waals surface area contributed by atoms with Crippen LogP contribution >= 0.6 is 0 Å². The Morgan fingerprint density at radius 3 is 2.45 bits per heavy atom. The Labute approximate surface area is 221 Å². The Balaban J connectivity index is 1.71. The highest BCUT2D eigenvalue weighted by Gasteiger charge is 2.52. The van der Waals surface area contributed by atoms with Gasteiger partial charge in [0.2, 0.25) is 11.8 Å². The third-order valence-electron chi connectivity index (χ3n) is 6.31. The number of nitrogens with zero attached hydrogens (tertiary/aromatic N) is 1. The first kappa shape index (κ1) is 27.2. The monoisotopic (exact) mass is 538 g/mol. The molecule has 4 rings (SSSR count). The number of ether oxygens (including phenoxy) is 3. The highest BCUT2D eigenvalue weighted by atomic mass is 32.2. The number of methoxy groups -OCH3 is 1. The molecule has 0 unspecified atom stereocenters. The van der Waals surface area contributed by atoms with Gasteiger partial charge < -0.3 is 25.1 Å². The quantitative estimate of drug-likeness (QED) is 0.338. The SMILES string of the molecule is COc1cccc([C@H]2OC(c3ccc(OCCCO)cc3)=N[C@@]2(CCS(=O)(=O)c2ccccc2)C(N)=O)c1. The molecule has 200 valence electrons. The zero-order chi connectivity index (χ0) is 27.2. The molecule has 38 heavy (non-hydrogen) atoms. The zero-order valence-corrected chi connectivity index (χ0v) is 21.8. The highest BCUT2D eigenvalue weighted by Crippen LogP contribution is 2.43. The van der Waals surface area contributed by atoms with Crippen LogP contribution in [0.15, 0.2) is 88.8 Å². The molecule has 1 aliphatic rings. The first-order valence-electron chi connectivity index (χ1n) is 12.1. The summed E-state index contributed by atoms with van der Waals surface area (Å²) in [5.74, 6) is 0.140. The minimum Gasteiger partial charge on any atom is -0.497 e. The average molecular weight is 539 g/mol. The molecule has 0 saturated heterocycles. The van der Waals surface area contributed by atoms with Gasteiger partial charge >= 0.3 is 0 Å². The van der Waals surface area contributed by atoms with E-state index in [1.165, 1.54) is 19.2 Å². The van der Waals surface area contributed by atoms with Gasteiger partial charge in [-0.2, -0.15) is 0 Å². The van der Waals surface area contributed by atoms with Crippen molar-refractivity contribution in [2.75, 3.05) is 26.1 Å². The fraction of sp³-hybridized carbons (Fsp3) is 0.286. The molecule has 0 fully saturated rings. The molecule has 0 aliphatic carbocycles. The van der Waals surface area contributed by atoms with Crippen LogP contribution in [0.5, 0.6) is 11.5 Å². The summed E-state index contributed by atoms with van der Waals surface area (Å²) in [7, 11) is -2.21. The Bertz CT molecular complexity index is 1390. The number of carbonyl (C=O) groups is 1. The van der Waals surface area contributed by atoms with E-state index in [1.807, 2.05) is 0 Å². The van der Waals surface area contributed by atoms with Crippen LogP contribution in [0.4, 0.5) is 0 Å². The fourth-order valence-electron chi connectivity index (χ4n) is 4.23. The van der Waals surface area contributed by atoms with Gasteiger partial charge in [-0.3, -0.25) is 4.79 Å². The van der Waals surface area contributed by atoms with Crippen molar-refractivity contribution in [2.45, 2.75) is 29.4 Å². The molecule has 1 amide bonds. The van der Waals surface area contributed by atoms with Crippen molar-refractivity contribution in [3.63, 3.8) is 0 Å². The van der Waals surface area contributed by atoms with Gasteiger partial charge in [0.15, 0.2) is 21.5 Å². The number of hydrogen-bond acceptors (Lipinski definition) is 8. The number of aliphatic imine (C=N–C) groups is 1. The first-order chi connectivity index (χ1) is 18.3. The summed E-state index contributed by atoms with van der Waals surface area (Å²) in [6.07, 6.45) is -0.656. The second kappa shape index (κ2) is 11.7. The lowest BCUT2D eigenvalue weighted by Crippen LogP contribution is -2.46. The number of amides is 1. The smallest absolute Gasteiger partial charge is 0.249 e. The van der Waals surface area contributed by atoms with E-state index in [9.17, 15) is 13.2 Å². The number of rotatable bonds is 12. The van der Waals surface area contributed by atoms with Crippen molar-refractivity contribution in [1.29, 1.82) is 0 Å². The van der Waals surface area contributed by atoms with E-state index >= 15 is 0 Å². The fourth-order valence-corrected chi connectivity index (χ4v) is 5.62. The molecule has 0 aromatic heterocycles. The minimum absolute atomic E-state index is 0.0313. The lowest BCUT2D eigenvalue weighted by Gasteiger charge is -2.29. The third kappa shape index (κ3) is 5.81. The number of sulfone groups is 1. The van der Waals surface area contributed by atoms with Crippen LogP contribution in [0, 0.1) is 0 Å². The number of aliphatic hydroxyl groups excluding tert-OH is 1. The first-order valence-corrected chi connectivity index (χ1v) is 13.8. The summed E-state index contributed by atoms with van der Waals surface area (Å²) in [6.45, 7) is 0.398. The van der Waals surface area contributed by atoms with Crippen LogP contribution in [-0.2, 0) is 19.4 Å². The summed E-state index contributed by atoms with van der Waals surface area (Å²) in [5.41, 5.74) is 5.40. The van der Waals surface area contributed by atoms with E-state index in [0.717, 1.165) is 0 Å². The molecule has 0 saturated carbocycles. The van der Waals surface area contributed by atoms with Crippen LogP contribution in [0.3, 0.4) is 0 Å². The van der Waals surface area contributed by atoms with E-state index in [1.54, 1.807) is 66.7 Å². The molecular formula is C28H30N2O7S. The summed E-state index contributed by atoms with van der Waals surface area (Å²) in [5, 5.41) is 8.94. The standard InChI is InChI=1S/C28H30N2O7S/c1-35-23-8-5-7-21(19-23)25-28(27(29)32,15-18-38(33,34)24-9-3-2-4-10-24)30-26(37-25)20-11-13-22(14-12-20)36-17-6-16-31/h2-5,7-14,19,25,31H,6,15-18H2,1H3,(H2,29,32)/t25-,28-/m1/s1. The van der Waals surface area contributed by atoms with Gasteiger partial charge in [-0.25, -0.2) is 13.4 Å².